The molecule has 0 saturated carbocycles. The Morgan fingerprint density at radius 2 is 1.83 bits per heavy atom. The molecule has 0 aliphatic heterocycles. The number of benzene rings is 2. The molecule has 10 heteroatoms. The smallest absolute Gasteiger partial charge is 0.271 e. The lowest BCUT2D eigenvalue weighted by molar-refractivity contribution is -0.384. The van der Waals surface area contributed by atoms with Gasteiger partial charge in [-0.2, -0.15) is 0 Å². The number of anilines is 1. The van der Waals surface area contributed by atoms with Crippen molar-refractivity contribution < 1.29 is 22.5 Å². The maximum atomic E-state index is 13.1. The van der Waals surface area contributed by atoms with Gasteiger partial charge in [0.05, 0.1) is 22.9 Å². The van der Waals surface area contributed by atoms with Crippen LogP contribution in [0.5, 0.6) is 0 Å². The van der Waals surface area contributed by atoms with Crippen molar-refractivity contribution in [3.05, 3.63) is 69.5 Å². The van der Waals surface area contributed by atoms with Crippen LogP contribution in [0.2, 0.25) is 0 Å². The van der Waals surface area contributed by atoms with E-state index in [1.807, 2.05) is 0 Å². The van der Waals surface area contributed by atoms with E-state index < -0.39 is 38.8 Å². The summed E-state index contributed by atoms with van der Waals surface area (Å²) in [6.45, 7) is 4.96. The van der Waals surface area contributed by atoms with Gasteiger partial charge in [0, 0.05) is 12.1 Å². The summed E-state index contributed by atoms with van der Waals surface area (Å²) in [6, 6.07) is 7.84. The molecule has 0 fully saturated rings. The minimum Gasteiger partial charge on any atom is -0.348 e. The van der Waals surface area contributed by atoms with Crippen molar-refractivity contribution in [1.82, 2.24) is 5.32 Å². The zero-order valence-electron chi connectivity index (χ0n) is 17.1. The minimum absolute atomic E-state index is 0.0723. The summed E-state index contributed by atoms with van der Waals surface area (Å²) >= 11 is 0. The van der Waals surface area contributed by atoms with E-state index in [1.165, 1.54) is 36.4 Å². The second-order valence-electron chi connectivity index (χ2n) is 6.99. The molecule has 8 nitrogen and oxygen atoms in total. The maximum Gasteiger partial charge on any atom is 0.271 e. The number of hydrogen-bond acceptors (Lipinski definition) is 5. The van der Waals surface area contributed by atoms with E-state index in [2.05, 4.69) is 5.32 Å². The van der Waals surface area contributed by atoms with Gasteiger partial charge in [0.1, 0.15) is 11.9 Å². The average molecular weight is 437 g/mol. The van der Waals surface area contributed by atoms with E-state index in [-0.39, 0.29) is 17.8 Å². The van der Waals surface area contributed by atoms with Crippen molar-refractivity contribution in [1.29, 1.82) is 0 Å². The van der Waals surface area contributed by atoms with Crippen molar-refractivity contribution in [2.75, 3.05) is 10.6 Å². The fourth-order valence-electron chi connectivity index (χ4n) is 3.13. The van der Waals surface area contributed by atoms with Crippen LogP contribution in [0.4, 0.5) is 15.8 Å². The third-order valence-electron chi connectivity index (χ3n) is 4.70. The first kappa shape index (κ1) is 23.3. The van der Waals surface area contributed by atoms with Crippen LogP contribution in [0.1, 0.15) is 37.4 Å². The third kappa shape index (κ3) is 5.32. The maximum absolute atomic E-state index is 13.1. The molecule has 0 heterocycles. The van der Waals surface area contributed by atoms with Gasteiger partial charge in [0.15, 0.2) is 0 Å². The van der Waals surface area contributed by atoms with Crippen LogP contribution in [0.25, 0.3) is 0 Å². The molecule has 30 heavy (non-hydrogen) atoms. The highest BCUT2D eigenvalue weighted by Gasteiger charge is 2.33. The number of sulfonamides is 1. The summed E-state index contributed by atoms with van der Waals surface area (Å²) in [5.74, 6) is -0.973. The van der Waals surface area contributed by atoms with Crippen molar-refractivity contribution in [3.63, 3.8) is 0 Å². The van der Waals surface area contributed by atoms with E-state index in [9.17, 15) is 27.7 Å². The lowest BCUT2D eigenvalue weighted by atomic mass is 10.1. The molecule has 2 aromatic carbocycles. The fraction of sp³-hybridized carbons (Fsp3) is 0.350. The number of rotatable bonds is 8. The van der Waals surface area contributed by atoms with Crippen molar-refractivity contribution >= 4 is 27.3 Å². The Morgan fingerprint density at radius 3 is 2.33 bits per heavy atom. The normalized spacial score (nSPS) is 13.4. The molecular formula is C20H24FN3O5S. The predicted molar refractivity (Wildman–Crippen MR) is 112 cm³/mol. The number of amides is 1. The molecule has 0 saturated heterocycles. The molecule has 2 unspecified atom stereocenters. The largest absolute Gasteiger partial charge is 0.348 e. The fourth-order valence-corrected chi connectivity index (χ4v) is 4.39. The SMILES string of the molecule is CCC(C(=O)NC(C)c1ccc(F)cc1)N(c1cc([N+](=O)[O-])ccc1C)S(C)(=O)=O. The van der Waals surface area contributed by atoms with Gasteiger partial charge in [-0.3, -0.25) is 19.2 Å². The highest BCUT2D eigenvalue weighted by Crippen LogP contribution is 2.30. The molecule has 0 bridgehead atoms. The number of nitro groups is 1. The quantitative estimate of drug-likeness (QED) is 0.502. The number of nitro benzene ring substituents is 1. The van der Waals surface area contributed by atoms with Crippen molar-refractivity contribution in [2.45, 2.75) is 39.3 Å². The molecule has 0 aliphatic carbocycles. The Bertz CT molecular complexity index is 1040. The third-order valence-corrected chi connectivity index (χ3v) is 5.87. The van der Waals surface area contributed by atoms with Gasteiger partial charge in [-0.05, 0) is 43.5 Å². The Hall–Kier alpha value is -3.01. The number of halogens is 1. The Labute approximate surface area is 174 Å². The molecule has 0 radical (unpaired) electrons. The standard InChI is InChI=1S/C20H24FN3O5S/c1-5-18(20(25)22-14(3)15-7-9-16(21)10-8-15)23(30(4,28)29)19-12-17(24(26)27)11-6-13(19)2/h6-12,14,18H,5H2,1-4H3,(H,22,25). The topological polar surface area (TPSA) is 110 Å². The van der Waals surface area contributed by atoms with Gasteiger partial charge in [-0.1, -0.05) is 25.1 Å². The molecule has 2 atom stereocenters. The summed E-state index contributed by atoms with van der Waals surface area (Å²) in [7, 11) is -3.94. The van der Waals surface area contributed by atoms with Crippen LogP contribution >= 0.6 is 0 Å². The summed E-state index contributed by atoms with van der Waals surface area (Å²) in [5, 5.41) is 13.9. The van der Waals surface area contributed by atoms with Gasteiger partial charge in [-0.25, -0.2) is 12.8 Å². The van der Waals surface area contributed by atoms with Crippen molar-refractivity contribution in [2.24, 2.45) is 0 Å². The zero-order chi connectivity index (χ0) is 22.6. The number of non-ortho nitro benzene ring substituents is 1. The lowest BCUT2D eigenvalue weighted by Gasteiger charge is -2.32. The number of aryl methyl sites for hydroxylation is 1. The van der Waals surface area contributed by atoms with Gasteiger partial charge >= 0.3 is 0 Å². The summed E-state index contributed by atoms with van der Waals surface area (Å²) < 4.78 is 39.3. The van der Waals surface area contributed by atoms with E-state index in [0.717, 1.165) is 16.6 Å². The van der Waals surface area contributed by atoms with Crippen LogP contribution in [-0.4, -0.2) is 31.5 Å². The van der Waals surface area contributed by atoms with Gasteiger partial charge < -0.3 is 5.32 Å². The van der Waals surface area contributed by atoms with E-state index >= 15 is 0 Å². The number of hydrogen-bond donors (Lipinski definition) is 1. The first-order valence-corrected chi connectivity index (χ1v) is 11.1. The van der Waals surface area contributed by atoms with E-state index in [1.54, 1.807) is 20.8 Å². The molecule has 1 N–H and O–H groups in total. The van der Waals surface area contributed by atoms with E-state index in [0.29, 0.717) is 11.1 Å². The molecule has 0 aromatic heterocycles. The Kier molecular flexibility index (Phi) is 7.14. The Balaban J connectivity index is 2.42. The molecule has 2 rings (SSSR count). The molecule has 1 amide bonds. The minimum atomic E-state index is -3.94. The number of nitrogens with one attached hydrogen (secondary N) is 1. The Morgan fingerprint density at radius 1 is 1.23 bits per heavy atom. The monoisotopic (exact) mass is 437 g/mol. The van der Waals surface area contributed by atoms with Crippen LogP contribution in [0.3, 0.4) is 0 Å². The number of nitrogens with zero attached hydrogens (tertiary/aromatic N) is 2. The first-order chi connectivity index (χ1) is 14.0. The van der Waals surface area contributed by atoms with Gasteiger partial charge in [-0.15, -0.1) is 0 Å². The number of carbonyl (C=O) groups is 1. The van der Waals surface area contributed by atoms with Gasteiger partial charge in [0.25, 0.3) is 5.69 Å². The second-order valence-corrected chi connectivity index (χ2v) is 8.85. The summed E-state index contributed by atoms with van der Waals surface area (Å²) in [5.41, 5.74) is 0.920. The van der Waals surface area contributed by atoms with Gasteiger partial charge in [0.2, 0.25) is 15.9 Å². The zero-order valence-corrected chi connectivity index (χ0v) is 17.9. The molecule has 0 spiro atoms. The van der Waals surface area contributed by atoms with E-state index in [4.69, 9.17) is 0 Å². The second kappa shape index (κ2) is 9.21. The summed E-state index contributed by atoms with van der Waals surface area (Å²) in [6.07, 6.45) is 1.09. The molecule has 162 valence electrons. The average Bonchev–Trinajstić information content (AvgIpc) is 2.66. The van der Waals surface area contributed by atoms with Crippen LogP contribution in [0, 0.1) is 22.9 Å². The van der Waals surface area contributed by atoms with Crippen molar-refractivity contribution in [3.8, 4) is 0 Å². The lowest BCUT2D eigenvalue weighted by Crippen LogP contribution is -2.50. The molecular weight excluding hydrogens is 413 g/mol. The molecule has 2 aromatic rings. The van der Waals surface area contributed by atoms with Crippen LogP contribution in [-0.2, 0) is 14.8 Å². The first-order valence-electron chi connectivity index (χ1n) is 9.26. The highest BCUT2D eigenvalue weighted by atomic mass is 32.2. The van der Waals surface area contributed by atoms with Crippen LogP contribution < -0.4 is 9.62 Å². The van der Waals surface area contributed by atoms with Crippen LogP contribution in [0.15, 0.2) is 42.5 Å². The number of carbonyl (C=O) groups excluding carboxylic acids is 1. The highest BCUT2D eigenvalue weighted by molar-refractivity contribution is 7.92. The predicted octanol–water partition coefficient (Wildman–Crippen LogP) is 3.46. The summed E-state index contributed by atoms with van der Waals surface area (Å²) in [4.78, 5) is 23.5. The molecule has 0 aliphatic rings.